The van der Waals surface area contributed by atoms with Gasteiger partial charge in [0.05, 0.1) is 6.54 Å². The lowest BCUT2D eigenvalue weighted by molar-refractivity contribution is -0.142. The molecule has 1 saturated heterocycles. The van der Waals surface area contributed by atoms with Crippen molar-refractivity contribution in [2.24, 2.45) is 0 Å². The minimum atomic E-state index is -1.30. The molecule has 1 rings (SSSR count). The third-order valence-electron chi connectivity index (χ3n) is 2.16. The van der Waals surface area contributed by atoms with Crippen LogP contribution in [0, 0.1) is 0 Å². The van der Waals surface area contributed by atoms with E-state index in [0.717, 1.165) is 4.90 Å². The molecule has 1 heterocycles. The number of ether oxygens (including phenoxy) is 1. The van der Waals surface area contributed by atoms with Crippen molar-refractivity contribution < 1.29 is 23.8 Å². The number of halogens is 1. The van der Waals surface area contributed by atoms with E-state index in [1.165, 1.54) is 0 Å². The van der Waals surface area contributed by atoms with Crippen molar-refractivity contribution in [3.8, 4) is 0 Å². The Kier molecular flexibility index (Phi) is 3.40. The first-order valence-corrected chi connectivity index (χ1v) is 5.07. The van der Waals surface area contributed by atoms with E-state index >= 15 is 0 Å². The Balaban J connectivity index is 2.71. The highest BCUT2D eigenvalue weighted by atomic mass is 19.1. The zero-order valence-electron chi connectivity index (χ0n) is 9.57. The Bertz CT molecular complexity index is 300. The predicted molar refractivity (Wildman–Crippen MR) is 53.9 cm³/mol. The number of amides is 1. The summed E-state index contributed by atoms with van der Waals surface area (Å²) in [5.41, 5.74) is -0.714. The molecule has 0 spiro atoms. The van der Waals surface area contributed by atoms with Crippen molar-refractivity contribution in [3.05, 3.63) is 0 Å². The van der Waals surface area contributed by atoms with Crippen molar-refractivity contribution in [1.29, 1.82) is 0 Å². The van der Waals surface area contributed by atoms with Crippen LogP contribution < -0.4 is 0 Å². The average Bonchev–Trinajstić information content (AvgIpc) is 2.44. The summed E-state index contributed by atoms with van der Waals surface area (Å²) in [4.78, 5) is 23.3. The molecule has 1 aliphatic rings. The van der Waals surface area contributed by atoms with E-state index in [4.69, 9.17) is 9.84 Å². The second kappa shape index (κ2) is 4.27. The standard InChI is InChI=1S/C10H16FNO4/c1-10(2,3)16-9(15)12-5-6(11)4-7(12)8(13)14/h6-7H,4-5H2,1-3H3,(H,13,14)/t6?,7-/m1/s1. The largest absolute Gasteiger partial charge is 0.480 e. The van der Waals surface area contributed by atoms with E-state index < -0.39 is 29.9 Å². The molecule has 16 heavy (non-hydrogen) atoms. The Labute approximate surface area is 93.2 Å². The van der Waals surface area contributed by atoms with Crippen molar-refractivity contribution in [3.63, 3.8) is 0 Å². The summed E-state index contributed by atoms with van der Waals surface area (Å²) in [5.74, 6) is -1.20. The van der Waals surface area contributed by atoms with Crippen LogP contribution in [0.4, 0.5) is 9.18 Å². The van der Waals surface area contributed by atoms with Crippen LogP contribution in [0.5, 0.6) is 0 Å². The highest BCUT2D eigenvalue weighted by Crippen LogP contribution is 2.23. The molecule has 0 bridgehead atoms. The van der Waals surface area contributed by atoms with E-state index in [1.54, 1.807) is 20.8 Å². The third-order valence-corrected chi connectivity index (χ3v) is 2.16. The second-order valence-electron chi connectivity index (χ2n) is 4.82. The maximum absolute atomic E-state index is 13.1. The van der Waals surface area contributed by atoms with Crippen molar-refractivity contribution in [1.82, 2.24) is 4.90 Å². The van der Waals surface area contributed by atoms with Crippen molar-refractivity contribution in [2.75, 3.05) is 6.54 Å². The average molecular weight is 233 g/mol. The van der Waals surface area contributed by atoms with Gasteiger partial charge in [-0.05, 0) is 20.8 Å². The number of carboxylic acids is 1. The monoisotopic (exact) mass is 233 g/mol. The zero-order valence-corrected chi connectivity index (χ0v) is 9.57. The van der Waals surface area contributed by atoms with Crippen LogP contribution in [0.15, 0.2) is 0 Å². The molecule has 6 heteroatoms. The minimum Gasteiger partial charge on any atom is -0.480 e. The van der Waals surface area contributed by atoms with Crippen LogP contribution in [-0.4, -0.2) is 46.4 Å². The minimum absolute atomic E-state index is 0.172. The normalized spacial score (nSPS) is 25.6. The number of hydrogen-bond acceptors (Lipinski definition) is 3. The second-order valence-corrected chi connectivity index (χ2v) is 4.82. The smallest absolute Gasteiger partial charge is 0.411 e. The number of likely N-dealkylation sites (tertiary alicyclic amines) is 1. The van der Waals surface area contributed by atoms with Crippen molar-refractivity contribution in [2.45, 2.75) is 45.0 Å². The Morgan fingerprint density at radius 3 is 2.44 bits per heavy atom. The Morgan fingerprint density at radius 2 is 2.00 bits per heavy atom. The molecular weight excluding hydrogens is 217 g/mol. The highest BCUT2D eigenvalue weighted by Gasteiger charge is 2.41. The predicted octanol–water partition coefficient (Wildman–Crippen LogP) is 1.42. The number of carboxylic acid groups (broad SMARTS) is 1. The molecule has 0 aromatic carbocycles. The number of carbonyl (C=O) groups excluding carboxylic acids is 1. The van der Waals surface area contributed by atoms with Crippen LogP contribution in [0.25, 0.3) is 0 Å². The molecule has 1 amide bonds. The number of nitrogens with zero attached hydrogens (tertiary/aromatic N) is 1. The van der Waals surface area contributed by atoms with Gasteiger partial charge in [0.15, 0.2) is 0 Å². The number of carbonyl (C=O) groups is 2. The molecule has 1 N–H and O–H groups in total. The molecule has 0 radical (unpaired) electrons. The summed E-state index contributed by atoms with van der Waals surface area (Å²) in [6, 6.07) is -1.12. The van der Waals surface area contributed by atoms with Crippen LogP contribution in [0.2, 0.25) is 0 Å². The molecule has 1 aliphatic heterocycles. The summed E-state index contributed by atoms with van der Waals surface area (Å²) in [5, 5.41) is 8.83. The molecule has 0 saturated carbocycles. The molecule has 0 aromatic heterocycles. The van der Waals surface area contributed by atoms with Gasteiger partial charge in [0, 0.05) is 6.42 Å². The van der Waals surface area contributed by atoms with Gasteiger partial charge in [-0.1, -0.05) is 0 Å². The topological polar surface area (TPSA) is 66.8 Å². The molecule has 0 aliphatic carbocycles. The molecule has 5 nitrogen and oxygen atoms in total. The van der Waals surface area contributed by atoms with Gasteiger partial charge >= 0.3 is 12.1 Å². The molecular formula is C10H16FNO4. The first-order valence-electron chi connectivity index (χ1n) is 5.07. The number of alkyl halides is 1. The molecule has 92 valence electrons. The Morgan fingerprint density at radius 1 is 1.44 bits per heavy atom. The summed E-state index contributed by atoms with van der Waals surface area (Å²) in [6.07, 6.45) is -2.25. The van der Waals surface area contributed by atoms with Gasteiger partial charge in [-0.15, -0.1) is 0 Å². The maximum atomic E-state index is 13.1. The van der Waals surface area contributed by atoms with E-state index in [0.29, 0.717) is 0 Å². The lowest BCUT2D eigenvalue weighted by Gasteiger charge is -2.26. The van der Waals surface area contributed by atoms with Gasteiger partial charge < -0.3 is 9.84 Å². The fraction of sp³-hybridized carbons (Fsp3) is 0.800. The molecule has 2 atom stereocenters. The number of hydrogen-bond donors (Lipinski definition) is 1. The summed E-state index contributed by atoms with van der Waals surface area (Å²) < 4.78 is 18.1. The fourth-order valence-corrected chi connectivity index (χ4v) is 1.54. The lowest BCUT2D eigenvalue weighted by atomic mass is 10.2. The van der Waals surface area contributed by atoms with Gasteiger partial charge in [-0.2, -0.15) is 0 Å². The quantitative estimate of drug-likeness (QED) is 0.743. The third kappa shape index (κ3) is 3.08. The van der Waals surface area contributed by atoms with E-state index in [-0.39, 0.29) is 13.0 Å². The molecule has 0 aromatic rings. The molecule has 1 unspecified atom stereocenters. The van der Waals surface area contributed by atoms with Gasteiger partial charge in [0.2, 0.25) is 0 Å². The van der Waals surface area contributed by atoms with E-state index in [2.05, 4.69) is 0 Å². The van der Waals surface area contributed by atoms with Crippen LogP contribution in [0.3, 0.4) is 0 Å². The fourth-order valence-electron chi connectivity index (χ4n) is 1.54. The summed E-state index contributed by atoms with van der Waals surface area (Å²) >= 11 is 0. The van der Waals surface area contributed by atoms with Crippen molar-refractivity contribution >= 4 is 12.1 Å². The van der Waals surface area contributed by atoms with E-state index in [1.807, 2.05) is 0 Å². The van der Waals surface area contributed by atoms with Gasteiger partial charge in [0.1, 0.15) is 17.8 Å². The van der Waals surface area contributed by atoms with Crippen LogP contribution >= 0.6 is 0 Å². The maximum Gasteiger partial charge on any atom is 0.411 e. The Hall–Kier alpha value is -1.33. The van der Waals surface area contributed by atoms with Crippen LogP contribution in [0.1, 0.15) is 27.2 Å². The lowest BCUT2D eigenvalue weighted by Crippen LogP contribution is -2.43. The summed E-state index contributed by atoms with van der Waals surface area (Å²) in [7, 11) is 0. The molecule has 1 fully saturated rings. The number of aliphatic carboxylic acids is 1. The van der Waals surface area contributed by atoms with Gasteiger partial charge in [-0.3, -0.25) is 4.90 Å². The van der Waals surface area contributed by atoms with Gasteiger partial charge in [-0.25, -0.2) is 14.0 Å². The SMILES string of the molecule is CC(C)(C)OC(=O)N1CC(F)C[C@@H]1C(=O)O. The van der Waals surface area contributed by atoms with Crippen LogP contribution in [-0.2, 0) is 9.53 Å². The highest BCUT2D eigenvalue weighted by molar-refractivity contribution is 5.81. The first-order chi connectivity index (χ1) is 7.20. The van der Waals surface area contributed by atoms with E-state index in [9.17, 15) is 14.0 Å². The van der Waals surface area contributed by atoms with Gasteiger partial charge in [0.25, 0.3) is 0 Å². The summed E-state index contributed by atoms with van der Waals surface area (Å²) in [6.45, 7) is 4.79. The first kappa shape index (κ1) is 12.7. The number of rotatable bonds is 1. The zero-order chi connectivity index (χ0) is 12.5.